The van der Waals surface area contributed by atoms with E-state index in [1.165, 1.54) is 0 Å². The number of nitrogens with two attached hydrogens (primary N) is 1. The van der Waals surface area contributed by atoms with Crippen LogP contribution in [0.5, 0.6) is 0 Å². The molecule has 3 heteroatoms. The first kappa shape index (κ1) is 10.4. The topological polar surface area (TPSA) is 63.3 Å². The molecule has 66 valence electrons. The molecular formula is C8H17NO2. The molecule has 0 heterocycles. The molecule has 0 rings (SSSR count). The molecule has 2 atom stereocenters. The molecule has 0 aromatic rings. The van der Waals surface area contributed by atoms with Gasteiger partial charge in [-0.05, 0) is 12.3 Å². The van der Waals surface area contributed by atoms with Gasteiger partial charge in [-0.1, -0.05) is 26.7 Å². The Kier molecular flexibility index (Phi) is 4.86. The number of carbonyl (C=O) groups excluding carboxylic acids is 1. The van der Waals surface area contributed by atoms with E-state index in [1.54, 1.807) is 0 Å². The maximum atomic E-state index is 10.5. The van der Waals surface area contributed by atoms with Crippen LogP contribution in [0.25, 0.3) is 0 Å². The number of hydrogen-bond acceptors (Lipinski definition) is 2. The van der Waals surface area contributed by atoms with E-state index < -0.39 is 12.0 Å². The van der Waals surface area contributed by atoms with Crippen LogP contribution in [0.1, 0.15) is 33.1 Å². The molecule has 0 spiro atoms. The van der Waals surface area contributed by atoms with Crippen LogP contribution in [0.4, 0.5) is 0 Å². The van der Waals surface area contributed by atoms with Crippen molar-refractivity contribution in [1.29, 1.82) is 0 Å². The number of aliphatic hydroxyl groups excluding tert-OH is 1. The summed E-state index contributed by atoms with van der Waals surface area (Å²) in [7, 11) is 0. The molecule has 0 aliphatic heterocycles. The first-order valence-corrected chi connectivity index (χ1v) is 4.07. The first-order chi connectivity index (χ1) is 5.09. The maximum Gasteiger partial charge on any atom is 0.246 e. The van der Waals surface area contributed by atoms with Crippen molar-refractivity contribution in [3.63, 3.8) is 0 Å². The van der Waals surface area contributed by atoms with Gasteiger partial charge in [-0.25, -0.2) is 0 Å². The molecule has 0 aromatic heterocycles. The Bertz CT molecular complexity index is 125. The average molecular weight is 159 g/mol. The van der Waals surface area contributed by atoms with Crippen molar-refractivity contribution < 1.29 is 9.90 Å². The Morgan fingerprint density at radius 2 is 2.18 bits per heavy atom. The molecule has 3 N–H and O–H groups in total. The third kappa shape index (κ3) is 3.98. The Morgan fingerprint density at radius 1 is 1.64 bits per heavy atom. The lowest BCUT2D eigenvalue weighted by molar-refractivity contribution is -0.128. The van der Waals surface area contributed by atoms with E-state index >= 15 is 0 Å². The lowest BCUT2D eigenvalue weighted by Crippen LogP contribution is -2.33. The Hall–Kier alpha value is -0.570. The Labute approximate surface area is 67.6 Å². The minimum Gasteiger partial charge on any atom is -0.383 e. The number of carbonyl (C=O) groups is 1. The lowest BCUT2D eigenvalue weighted by Gasteiger charge is -2.14. The van der Waals surface area contributed by atoms with Crippen molar-refractivity contribution in [1.82, 2.24) is 0 Å². The van der Waals surface area contributed by atoms with Crippen molar-refractivity contribution in [3.8, 4) is 0 Å². The van der Waals surface area contributed by atoms with Crippen molar-refractivity contribution in [2.75, 3.05) is 0 Å². The van der Waals surface area contributed by atoms with Crippen molar-refractivity contribution in [2.24, 2.45) is 11.7 Å². The zero-order chi connectivity index (χ0) is 8.85. The van der Waals surface area contributed by atoms with Gasteiger partial charge in [-0.3, -0.25) is 4.79 Å². The summed E-state index contributed by atoms with van der Waals surface area (Å²) in [6, 6.07) is 0. The molecule has 0 saturated carbocycles. The molecule has 0 saturated heterocycles. The molecular weight excluding hydrogens is 142 g/mol. The van der Waals surface area contributed by atoms with Crippen LogP contribution in [0.15, 0.2) is 0 Å². The predicted molar refractivity (Wildman–Crippen MR) is 43.9 cm³/mol. The second-order valence-electron chi connectivity index (χ2n) is 2.97. The van der Waals surface area contributed by atoms with Crippen LogP contribution in [-0.4, -0.2) is 17.1 Å². The standard InChI is InChI=1S/C8H17NO2/c1-3-4-5-6(2)7(10)8(9)11/h6-7,10H,3-5H2,1-2H3,(H2,9,11)/t6-,7?/m0/s1. The molecule has 0 radical (unpaired) electrons. The summed E-state index contributed by atoms with van der Waals surface area (Å²) in [5, 5.41) is 9.15. The van der Waals surface area contributed by atoms with Gasteiger partial charge < -0.3 is 10.8 Å². The Balaban J connectivity index is 3.63. The highest BCUT2D eigenvalue weighted by atomic mass is 16.3. The SMILES string of the molecule is CCCC[C@H](C)C(O)C(N)=O. The molecule has 11 heavy (non-hydrogen) atoms. The molecule has 0 aromatic carbocycles. The Morgan fingerprint density at radius 3 is 2.55 bits per heavy atom. The largest absolute Gasteiger partial charge is 0.383 e. The van der Waals surface area contributed by atoms with Crippen LogP contribution < -0.4 is 5.73 Å². The summed E-state index contributed by atoms with van der Waals surface area (Å²) in [4.78, 5) is 10.5. The van der Waals surface area contributed by atoms with E-state index in [1.807, 2.05) is 6.92 Å². The van der Waals surface area contributed by atoms with Gasteiger partial charge in [-0.15, -0.1) is 0 Å². The quantitative estimate of drug-likeness (QED) is 0.619. The highest BCUT2D eigenvalue weighted by Crippen LogP contribution is 2.11. The van der Waals surface area contributed by atoms with Crippen molar-refractivity contribution in [3.05, 3.63) is 0 Å². The molecule has 3 nitrogen and oxygen atoms in total. The lowest BCUT2D eigenvalue weighted by atomic mass is 9.98. The van der Waals surface area contributed by atoms with Crippen molar-refractivity contribution >= 4 is 5.91 Å². The predicted octanol–water partition coefficient (Wildman–Crippen LogP) is 0.659. The van der Waals surface area contributed by atoms with E-state index in [-0.39, 0.29) is 5.92 Å². The second kappa shape index (κ2) is 5.13. The van der Waals surface area contributed by atoms with Gasteiger partial charge in [-0.2, -0.15) is 0 Å². The number of rotatable bonds is 5. The third-order valence-corrected chi connectivity index (χ3v) is 1.84. The number of unbranched alkanes of at least 4 members (excludes halogenated alkanes) is 1. The zero-order valence-electron chi connectivity index (χ0n) is 7.21. The van der Waals surface area contributed by atoms with Crippen LogP contribution in [-0.2, 0) is 4.79 Å². The van der Waals surface area contributed by atoms with E-state index in [2.05, 4.69) is 6.92 Å². The van der Waals surface area contributed by atoms with E-state index in [4.69, 9.17) is 10.8 Å². The van der Waals surface area contributed by atoms with Gasteiger partial charge in [0, 0.05) is 0 Å². The fourth-order valence-electron chi connectivity index (χ4n) is 0.964. The summed E-state index contributed by atoms with van der Waals surface area (Å²) in [5.74, 6) is -0.624. The zero-order valence-corrected chi connectivity index (χ0v) is 7.21. The van der Waals surface area contributed by atoms with Gasteiger partial charge in [0.15, 0.2) is 0 Å². The summed E-state index contributed by atoms with van der Waals surface area (Å²) < 4.78 is 0. The molecule has 0 fully saturated rings. The fraction of sp³-hybridized carbons (Fsp3) is 0.875. The smallest absolute Gasteiger partial charge is 0.246 e. The number of aliphatic hydroxyl groups is 1. The number of primary amides is 1. The minimum absolute atomic E-state index is 0.00699. The monoisotopic (exact) mass is 159 g/mol. The summed E-state index contributed by atoms with van der Waals surface area (Å²) in [6.07, 6.45) is 2.00. The van der Waals surface area contributed by atoms with E-state index in [0.29, 0.717) is 0 Å². The van der Waals surface area contributed by atoms with Crippen LogP contribution in [0.2, 0.25) is 0 Å². The maximum absolute atomic E-state index is 10.5. The van der Waals surface area contributed by atoms with Crippen LogP contribution in [0.3, 0.4) is 0 Å². The first-order valence-electron chi connectivity index (χ1n) is 4.07. The number of amides is 1. The van der Waals surface area contributed by atoms with E-state index in [9.17, 15) is 4.79 Å². The van der Waals surface area contributed by atoms with Gasteiger partial charge in [0.25, 0.3) is 0 Å². The molecule has 1 unspecified atom stereocenters. The molecule has 1 amide bonds. The van der Waals surface area contributed by atoms with Gasteiger partial charge >= 0.3 is 0 Å². The van der Waals surface area contributed by atoms with Gasteiger partial charge in [0.2, 0.25) is 5.91 Å². The van der Waals surface area contributed by atoms with Crippen molar-refractivity contribution in [2.45, 2.75) is 39.2 Å². The highest BCUT2D eigenvalue weighted by Gasteiger charge is 2.18. The summed E-state index contributed by atoms with van der Waals surface area (Å²) in [6.45, 7) is 3.91. The third-order valence-electron chi connectivity index (χ3n) is 1.84. The van der Waals surface area contributed by atoms with Gasteiger partial charge in [0.05, 0.1) is 0 Å². The summed E-state index contributed by atoms with van der Waals surface area (Å²) in [5.41, 5.74) is 4.92. The molecule has 0 bridgehead atoms. The normalized spacial score (nSPS) is 15.9. The average Bonchev–Trinajstić information content (AvgIpc) is 1.98. The second-order valence-corrected chi connectivity index (χ2v) is 2.97. The number of hydrogen-bond donors (Lipinski definition) is 2. The molecule has 0 aliphatic rings. The van der Waals surface area contributed by atoms with Crippen LogP contribution in [0, 0.1) is 5.92 Å². The molecule has 0 aliphatic carbocycles. The minimum atomic E-state index is -0.971. The van der Waals surface area contributed by atoms with Gasteiger partial charge in [0.1, 0.15) is 6.10 Å². The van der Waals surface area contributed by atoms with Crippen LogP contribution >= 0.6 is 0 Å². The fourth-order valence-corrected chi connectivity index (χ4v) is 0.964. The summed E-state index contributed by atoms with van der Waals surface area (Å²) >= 11 is 0. The van der Waals surface area contributed by atoms with E-state index in [0.717, 1.165) is 19.3 Å². The highest BCUT2D eigenvalue weighted by molar-refractivity contribution is 5.78.